The Hall–Kier alpha value is -1.29. The maximum Gasteiger partial charge on any atom is 0.237 e. The predicted octanol–water partition coefficient (Wildman–Crippen LogP) is 1.66. The number of aliphatic hydroxyl groups excluding tert-OH is 1. The van der Waals surface area contributed by atoms with E-state index in [1.165, 1.54) is 0 Å². The van der Waals surface area contributed by atoms with Crippen molar-refractivity contribution in [2.75, 3.05) is 18.5 Å². The Bertz CT molecular complexity index is 290. The second kappa shape index (κ2) is 6.24. The summed E-state index contributed by atoms with van der Waals surface area (Å²) in [7, 11) is 0. The Balaban J connectivity index is 2.60. The largest absolute Gasteiger partial charge is 0.473 e. The lowest BCUT2D eigenvalue weighted by Crippen LogP contribution is -2.11. The van der Waals surface area contributed by atoms with Gasteiger partial charge in [-0.15, -0.1) is 0 Å². The summed E-state index contributed by atoms with van der Waals surface area (Å²) in [5.41, 5.74) is 0.875. The van der Waals surface area contributed by atoms with Gasteiger partial charge in [0.15, 0.2) is 0 Å². The fraction of sp³-hybridized carbons (Fsp3) is 0.545. The standard InChI is InChI=1S/C11H18N2O2/c1-9(2)15-11-10(5-3-6-13-11)12-7-4-8-14/h3,5-6,9,12,14H,4,7-8H2,1-2H3. The number of ether oxygens (including phenoxy) is 1. The summed E-state index contributed by atoms with van der Waals surface area (Å²) in [4.78, 5) is 4.15. The highest BCUT2D eigenvalue weighted by Crippen LogP contribution is 2.21. The minimum absolute atomic E-state index is 0.110. The molecule has 1 aromatic rings. The van der Waals surface area contributed by atoms with E-state index in [1.54, 1.807) is 6.20 Å². The molecule has 0 unspecified atom stereocenters. The molecule has 1 aromatic heterocycles. The van der Waals surface area contributed by atoms with Gasteiger partial charge >= 0.3 is 0 Å². The van der Waals surface area contributed by atoms with Crippen LogP contribution in [-0.2, 0) is 0 Å². The average Bonchev–Trinajstić information content (AvgIpc) is 2.20. The topological polar surface area (TPSA) is 54.4 Å². The van der Waals surface area contributed by atoms with Crippen LogP contribution in [0, 0.1) is 0 Å². The van der Waals surface area contributed by atoms with E-state index in [4.69, 9.17) is 9.84 Å². The third-order valence-electron chi connectivity index (χ3n) is 1.77. The monoisotopic (exact) mass is 210 g/mol. The molecular weight excluding hydrogens is 192 g/mol. The fourth-order valence-corrected chi connectivity index (χ4v) is 1.14. The van der Waals surface area contributed by atoms with Gasteiger partial charge in [0, 0.05) is 19.3 Å². The van der Waals surface area contributed by atoms with Crippen LogP contribution in [0.1, 0.15) is 20.3 Å². The third-order valence-corrected chi connectivity index (χ3v) is 1.77. The lowest BCUT2D eigenvalue weighted by atomic mass is 10.3. The average molecular weight is 210 g/mol. The molecular formula is C11H18N2O2. The SMILES string of the molecule is CC(C)Oc1ncccc1NCCCO. The maximum absolute atomic E-state index is 8.67. The van der Waals surface area contributed by atoms with Gasteiger partial charge in [-0.25, -0.2) is 4.98 Å². The molecule has 4 nitrogen and oxygen atoms in total. The lowest BCUT2D eigenvalue weighted by Gasteiger charge is -2.13. The number of hydrogen-bond acceptors (Lipinski definition) is 4. The Kier molecular flexibility index (Phi) is 4.90. The van der Waals surface area contributed by atoms with Crippen LogP contribution < -0.4 is 10.1 Å². The predicted molar refractivity (Wildman–Crippen MR) is 60.2 cm³/mol. The molecule has 0 aromatic carbocycles. The summed E-state index contributed by atoms with van der Waals surface area (Å²) in [6.07, 6.45) is 2.53. The number of pyridine rings is 1. The van der Waals surface area contributed by atoms with Gasteiger partial charge in [-0.05, 0) is 32.4 Å². The Labute approximate surface area is 90.3 Å². The first kappa shape index (κ1) is 11.8. The van der Waals surface area contributed by atoms with E-state index in [-0.39, 0.29) is 12.7 Å². The van der Waals surface area contributed by atoms with Crippen LogP contribution in [0.15, 0.2) is 18.3 Å². The number of nitrogens with one attached hydrogen (secondary N) is 1. The highest BCUT2D eigenvalue weighted by atomic mass is 16.5. The number of rotatable bonds is 6. The molecule has 0 aliphatic heterocycles. The van der Waals surface area contributed by atoms with Crippen molar-refractivity contribution in [1.82, 2.24) is 4.98 Å². The van der Waals surface area contributed by atoms with E-state index in [0.29, 0.717) is 5.88 Å². The molecule has 84 valence electrons. The molecule has 0 saturated carbocycles. The number of aliphatic hydroxyl groups is 1. The second-order valence-electron chi connectivity index (χ2n) is 3.53. The first-order valence-corrected chi connectivity index (χ1v) is 5.20. The summed E-state index contributed by atoms with van der Waals surface area (Å²) in [6, 6.07) is 3.77. The molecule has 0 atom stereocenters. The van der Waals surface area contributed by atoms with Crippen molar-refractivity contribution in [1.29, 1.82) is 0 Å². The van der Waals surface area contributed by atoms with Crippen molar-refractivity contribution in [3.8, 4) is 5.88 Å². The lowest BCUT2D eigenvalue weighted by molar-refractivity contribution is 0.234. The molecule has 1 heterocycles. The second-order valence-corrected chi connectivity index (χ2v) is 3.53. The Morgan fingerprint density at radius 1 is 1.53 bits per heavy atom. The van der Waals surface area contributed by atoms with Gasteiger partial charge in [0.2, 0.25) is 5.88 Å². The molecule has 15 heavy (non-hydrogen) atoms. The van der Waals surface area contributed by atoms with Gasteiger partial charge in [0.1, 0.15) is 0 Å². The molecule has 0 aliphatic rings. The third kappa shape index (κ3) is 4.16. The zero-order valence-corrected chi connectivity index (χ0v) is 9.23. The van der Waals surface area contributed by atoms with Crippen molar-refractivity contribution in [3.05, 3.63) is 18.3 Å². The molecule has 0 amide bonds. The number of nitrogens with zero attached hydrogens (tertiary/aromatic N) is 1. The van der Waals surface area contributed by atoms with Crippen LogP contribution in [-0.4, -0.2) is 29.3 Å². The molecule has 2 N–H and O–H groups in total. The van der Waals surface area contributed by atoms with Gasteiger partial charge in [-0.2, -0.15) is 0 Å². The Morgan fingerprint density at radius 2 is 2.33 bits per heavy atom. The minimum Gasteiger partial charge on any atom is -0.473 e. The fourth-order valence-electron chi connectivity index (χ4n) is 1.14. The van der Waals surface area contributed by atoms with Crippen LogP contribution in [0.2, 0.25) is 0 Å². The highest BCUT2D eigenvalue weighted by Gasteiger charge is 2.05. The van der Waals surface area contributed by atoms with Gasteiger partial charge < -0.3 is 15.2 Å². The van der Waals surface area contributed by atoms with Gasteiger partial charge in [-0.3, -0.25) is 0 Å². The van der Waals surface area contributed by atoms with Crippen molar-refractivity contribution < 1.29 is 9.84 Å². The summed E-state index contributed by atoms with van der Waals surface area (Å²) >= 11 is 0. The van der Waals surface area contributed by atoms with Crippen molar-refractivity contribution in [2.24, 2.45) is 0 Å². The molecule has 0 saturated heterocycles. The highest BCUT2D eigenvalue weighted by molar-refractivity contribution is 5.51. The van der Waals surface area contributed by atoms with E-state index in [0.717, 1.165) is 18.7 Å². The van der Waals surface area contributed by atoms with Crippen LogP contribution in [0.3, 0.4) is 0 Å². The molecule has 0 bridgehead atoms. The molecule has 0 aliphatic carbocycles. The minimum atomic E-state index is 0.110. The molecule has 0 radical (unpaired) electrons. The zero-order valence-electron chi connectivity index (χ0n) is 9.23. The summed E-state index contributed by atoms with van der Waals surface area (Å²) in [5, 5.41) is 11.8. The first-order chi connectivity index (χ1) is 7.24. The van der Waals surface area contributed by atoms with E-state index in [1.807, 2.05) is 26.0 Å². The quantitative estimate of drug-likeness (QED) is 0.701. The first-order valence-electron chi connectivity index (χ1n) is 5.20. The molecule has 4 heteroatoms. The van der Waals surface area contributed by atoms with Gasteiger partial charge in [-0.1, -0.05) is 0 Å². The number of anilines is 1. The van der Waals surface area contributed by atoms with Crippen molar-refractivity contribution in [3.63, 3.8) is 0 Å². The van der Waals surface area contributed by atoms with Gasteiger partial charge in [0.25, 0.3) is 0 Å². The van der Waals surface area contributed by atoms with Crippen LogP contribution in [0.25, 0.3) is 0 Å². The van der Waals surface area contributed by atoms with Crippen LogP contribution >= 0.6 is 0 Å². The van der Waals surface area contributed by atoms with Crippen LogP contribution in [0.5, 0.6) is 5.88 Å². The van der Waals surface area contributed by atoms with Crippen molar-refractivity contribution >= 4 is 5.69 Å². The molecule has 1 rings (SSSR count). The summed E-state index contributed by atoms with van der Waals surface area (Å²) in [6.45, 7) is 4.84. The molecule has 0 fully saturated rings. The number of aromatic nitrogens is 1. The number of hydrogen-bond donors (Lipinski definition) is 2. The van der Waals surface area contributed by atoms with E-state index in [9.17, 15) is 0 Å². The zero-order chi connectivity index (χ0) is 11.1. The van der Waals surface area contributed by atoms with Gasteiger partial charge in [0.05, 0.1) is 11.8 Å². The Morgan fingerprint density at radius 3 is 3.00 bits per heavy atom. The maximum atomic E-state index is 8.67. The van der Waals surface area contributed by atoms with Crippen molar-refractivity contribution in [2.45, 2.75) is 26.4 Å². The summed E-state index contributed by atoms with van der Waals surface area (Å²) < 4.78 is 5.54. The van der Waals surface area contributed by atoms with Crippen LogP contribution in [0.4, 0.5) is 5.69 Å². The smallest absolute Gasteiger partial charge is 0.237 e. The normalized spacial score (nSPS) is 10.4. The summed E-state index contributed by atoms with van der Waals surface area (Å²) in [5.74, 6) is 0.616. The molecule has 0 spiro atoms. The van der Waals surface area contributed by atoms with E-state index < -0.39 is 0 Å². The van der Waals surface area contributed by atoms with E-state index in [2.05, 4.69) is 10.3 Å². The van der Waals surface area contributed by atoms with E-state index >= 15 is 0 Å².